The van der Waals surface area contributed by atoms with Gasteiger partial charge in [-0.25, -0.2) is 4.98 Å². The minimum atomic E-state index is -4.56. The Kier molecular flexibility index (Phi) is 7.51. The van der Waals surface area contributed by atoms with E-state index in [1.54, 1.807) is 36.4 Å². The predicted octanol–water partition coefficient (Wildman–Crippen LogP) is 7.56. The second-order valence-corrected chi connectivity index (χ2v) is 9.33. The number of hydrogen-bond acceptors (Lipinski definition) is 4. The molecule has 0 aliphatic heterocycles. The molecule has 5 nitrogen and oxygen atoms in total. The average molecular weight is 579 g/mol. The summed E-state index contributed by atoms with van der Waals surface area (Å²) in [6, 6.07) is 14.5. The molecule has 10 heteroatoms. The molecule has 0 N–H and O–H groups in total. The molecule has 1 heterocycles. The summed E-state index contributed by atoms with van der Waals surface area (Å²) in [4.78, 5) is 17.9. The van der Waals surface area contributed by atoms with E-state index in [4.69, 9.17) is 16.3 Å². The van der Waals surface area contributed by atoms with E-state index in [1.165, 1.54) is 18.3 Å². The minimum absolute atomic E-state index is 0.0356. The summed E-state index contributed by atoms with van der Waals surface area (Å²) in [6.07, 6.45) is -2.54. The van der Waals surface area contributed by atoms with Crippen LogP contribution in [0.5, 0.6) is 5.75 Å². The van der Waals surface area contributed by atoms with Crippen LogP contribution in [-0.2, 0) is 6.18 Å². The van der Waals surface area contributed by atoms with Crippen LogP contribution < -0.4 is 10.3 Å². The lowest BCUT2D eigenvalue weighted by Gasteiger charge is -2.17. The van der Waals surface area contributed by atoms with Crippen LogP contribution in [0.2, 0.25) is 5.02 Å². The summed E-state index contributed by atoms with van der Waals surface area (Å²) in [5.41, 5.74) is -0.485. The van der Waals surface area contributed by atoms with Gasteiger partial charge < -0.3 is 4.74 Å². The van der Waals surface area contributed by atoms with E-state index in [1.807, 2.05) is 13.8 Å². The number of aromatic nitrogens is 2. The molecular formula is C26H20BrClF3N3O2. The zero-order chi connectivity index (χ0) is 26.0. The lowest BCUT2D eigenvalue weighted by atomic mass is 10.1. The highest BCUT2D eigenvalue weighted by Crippen LogP contribution is 2.34. The van der Waals surface area contributed by atoms with Gasteiger partial charge >= 0.3 is 6.18 Å². The van der Waals surface area contributed by atoms with Gasteiger partial charge in [0, 0.05) is 16.1 Å². The third kappa shape index (κ3) is 5.47. The van der Waals surface area contributed by atoms with Crippen molar-refractivity contribution >= 4 is 44.6 Å². The topological polar surface area (TPSA) is 56.5 Å². The first-order valence-corrected chi connectivity index (χ1v) is 12.1. The van der Waals surface area contributed by atoms with Crippen molar-refractivity contribution in [2.24, 2.45) is 5.10 Å². The lowest BCUT2D eigenvalue weighted by Crippen LogP contribution is -2.20. The Morgan fingerprint density at radius 2 is 1.92 bits per heavy atom. The molecule has 0 saturated carbocycles. The molecule has 0 fully saturated rings. The standard InChI is InChI=1S/C26H20BrClF3N3O2/c1-3-15(2)36-23-17(12-19(28)13-21(23)27)14-32-34-24(16-7-6-8-18(11-16)26(29,30)31)33-22-10-5-4-9-20(22)25(34)35/h4-15H,3H2,1-2H3/t15-/m1/s1. The van der Waals surface area contributed by atoms with Gasteiger partial charge in [-0.05, 0) is 65.7 Å². The van der Waals surface area contributed by atoms with E-state index in [0.717, 1.165) is 23.2 Å². The molecule has 3 aromatic carbocycles. The van der Waals surface area contributed by atoms with Crippen molar-refractivity contribution in [1.29, 1.82) is 0 Å². The predicted molar refractivity (Wildman–Crippen MR) is 139 cm³/mol. The van der Waals surface area contributed by atoms with Gasteiger partial charge in [-0.2, -0.15) is 22.9 Å². The van der Waals surface area contributed by atoms with Crippen LogP contribution in [0.25, 0.3) is 22.3 Å². The number of nitrogens with zero attached hydrogens (tertiary/aromatic N) is 3. The highest BCUT2D eigenvalue weighted by Gasteiger charge is 2.31. The molecule has 36 heavy (non-hydrogen) atoms. The maximum atomic E-state index is 13.4. The SMILES string of the molecule is CC[C@@H](C)Oc1c(Br)cc(Cl)cc1C=Nn1c(-c2cccc(C(F)(F)F)c2)nc2ccccc2c1=O. The summed E-state index contributed by atoms with van der Waals surface area (Å²) in [6.45, 7) is 3.88. The summed E-state index contributed by atoms with van der Waals surface area (Å²) in [7, 11) is 0. The van der Waals surface area contributed by atoms with E-state index >= 15 is 0 Å². The molecule has 0 radical (unpaired) electrons. The fourth-order valence-electron chi connectivity index (χ4n) is 3.46. The summed E-state index contributed by atoms with van der Waals surface area (Å²) in [5, 5.41) is 5.02. The molecule has 0 amide bonds. The fourth-order valence-corrected chi connectivity index (χ4v) is 4.38. The van der Waals surface area contributed by atoms with Crippen LogP contribution in [0.4, 0.5) is 13.2 Å². The third-order valence-electron chi connectivity index (χ3n) is 5.45. The highest BCUT2D eigenvalue weighted by molar-refractivity contribution is 9.10. The smallest absolute Gasteiger partial charge is 0.416 e. The Balaban J connectivity index is 1.93. The van der Waals surface area contributed by atoms with Crippen LogP contribution in [-0.4, -0.2) is 22.0 Å². The van der Waals surface area contributed by atoms with Crippen LogP contribution in [0.1, 0.15) is 31.4 Å². The maximum Gasteiger partial charge on any atom is 0.416 e. The first kappa shape index (κ1) is 25.9. The molecule has 0 saturated heterocycles. The quantitative estimate of drug-likeness (QED) is 0.222. The van der Waals surface area contributed by atoms with E-state index in [9.17, 15) is 18.0 Å². The Hall–Kier alpha value is -3.17. The van der Waals surface area contributed by atoms with Gasteiger partial charge in [0.15, 0.2) is 5.82 Å². The Bertz CT molecular complexity index is 1520. The van der Waals surface area contributed by atoms with E-state index in [-0.39, 0.29) is 22.9 Å². The Labute approximate surface area is 218 Å². The monoisotopic (exact) mass is 577 g/mol. The molecule has 1 atom stereocenters. The van der Waals surface area contributed by atoms with E-state index < -0.39 is 17.3 Å². The molecule has 0 bridgehead atoms. The molecule has 0 unspecified atom stereocenters. The summed E-state index contributed by atoms with van der Waals surface area (Å²) in [5.74, 6) is 0.437. The summed E-state index contributed by atoms with van der Waals surface area (Å²) < 4.78 is 47.8. The molecule has 1 aromatic heterocycles. The first-order chi connectivity index (χ1) is 17.1. The van der Waals surface area contributed by atoms with Crippen molar-refractivity contribution < 1.29 is 17.9 Å². The van der Waals surface area contributed by atoms with Crippen LogP contribution >= 0.6 is 27.5 Å². The van der Waals surface area contributed by atoms with Gasteiger partial charge in [-0.1, -0.05) is 42.8 Å². The molecule has 0 spiro atoms. The second-order valence-electron chi connectivity index (χ2n) is 8.04. The van der Waals surface area contributed by atoms with Gasteiger partial charge in [0.25, 0.3) is 5.56 Å². The highest BCUT2D eigenvalue weighted by atomic mass is 79.9. The van der Waals surface area contributed by atoms with Gasteiger partial charge in [0.2, 0.25) is 0 Å². The maximum absolute atomic E-state index is 13.4. The van der Waals surface area contributed by atoms with Crippen molar-refractivity contribution in [1.82, 2.24) is 9.66 Å². The Morgan fingerprint density at radius 1 is 1.17 bits per heavy atom. The van der Waals surface area contributed by atoms with Crippen LogP contribution in [0.3, 0.4) is 0 Å². The number of alkyl halides is 3. The second kappa shape index (κ2) is 10.4. The number of ether oxygens (including phenoxy) is 1. The average Bonchev–Trinajstić information content (AvgIpc) is 2.84. The normalized spacial score (nSPS) is 12.9. The molecule has 4 rings (SSSR count). The first-order valence-electron chi connectivity index (χ1n) is 11.0. The fraction of sp³-hybridized carbons (Fsp3) is 0.192. The van der Waals surface area contributed by atoms with Crippen LogP contribution in [0, 0.1) is 0 Å². The zero-order valence-corrected chi connectivity index (χ0v) is 21.5. The molecule has 0 aliphatic carbocycles. The number of halogens is 5. The van der Waals surface area contributed by atoms with Gasteiger partial charge in [0.05, 0.1) is 33.3 Å². The minimum Gasteiger partial charge on any atom is -0.489 e. The zero-order valence-electron chi connectivity index (χ0n) is 19.2. The van der Waals surface area contributed by atoms with Gasteiger partial charge in [-0.3, -0.25) is 4.79 Å². The number of fused-ring (bicyclic) bond motifs is 1. The van der Waals surface area contributed by atoms with Gasteiger partial charge in [0.1, 0.15) is 5.75 Å². The van der Waals surface area contributed by atoms with E-state index in [0.29, 0.717) is 26.3 Å². The van der Waals surface area contributed by atoms with Gasteiger partial charge in [-0.15, -0.1) is 0 Å². The van der Waals surface area contributed by atoms with Crippen molar-refractivity contribution in [3.63, 3.8) is 0 Å². The number of hydrogen-bond donors (Lipinski definition) is 0. The molecule has 0 aliphatic rings. The van der Waals surface area contributed by atoms with Crippen molar-refractivity contribution in [3.8, 4) is 17.1 Å². The lowest BCUT2D eigenvalue weighted by molar-refractivity contribution is -0.137. The number of benzene rings is 3. The summed E-state index contributed by atoms with van der Waals surface area (Å²) >= 11 is 9.68. The third-order valence-corrected chi connectivity index (χ3v) is 6.25. The Morgan fingerprint density at radius 3 is 2.64 bits per heavy atom. The van der Waals surface area contributed by atoms with Crippen molar-refractivity contribution in [3.05, 3.63) is 91.6 Å². The molecule has 186 valence electrons. The van der Waals surface area contributed by atoms with Crippen molar-refractivity contribution in [2.45, 2.75) is 32.5 Å². The van der Waals surface area contributed by atoms with E-state index in [2.05, 4.69) is 26.0 Å². The molecular weight excluding hydrogens is 559 g/mol. The molecule has 4 aromatic rings. The number of rotatable bonds is 6. The van der Waals surface area contributed by atoms with Crippen molar-refractivity contribution in [2.75, 3.05) is 0 Å². The number of para-hydroxylation sites is 1. The van der Waals surface area contributed by atoms with Crippen LogP contribution in [0.15, 0.2) is 75.0 Å². The largest absolute Gasteiger partial charge is 0.489 e.